The van der Waals surface area contributed by atoms with Crippen LogP contribution in [0, 0.1) is 12.8 Å². The number of nitrogens with one attached hydrogen (secondary N) is 1. The van der Waals surface area contributed by atoms with E-state index in [1.807, 2.05) is 35.4 Å². The second-order valence-corrected chi connectivity index (χ2v) is 7.34. The molecule has 6 nitrogen and oxygen atoms in total. The molecule has 7 heteroatoms. The molecule has 0 saturated carbocycles. The third kappa shape index (κ3) is 3.14. The van der Waals surface area contributed by atoms with E-state index in [1.165, 1.54) is 0 Å². The molecular formula is C17H20N4O2S. The zero-order valence-electron chi connectivity index (χ0n) is 13.5. The third-order valence-corrected chi connectivity index (χ3v) is 5.54. The number of hydrogen-bond acceptors (Lipinski definition) is 5. The number of aryl methyl sites for hydroxylation is 1. The first-order chi connectivity index (χ1) is 11.7. The normalized spacial score (nSPS) is 26.9. The van der Waals surface area contributed by atoms with Gasteiger partial charge in [0.05, 0.1) is 6.10 Å². The van der Waals surface area contributed by atoms with Gasteiger partial charge in [-0.15, -0.1) is 11.3 Å². The smallest absolute Gasteiger partial charge is 0.246 e. The molecule has 3 atom stereocenters. The molecule has 24 heavy (non-hydrogen) atoms. The predicted molar refractivity (Wildman–Crippen MR) is 91.4 cm³/mol. The van der Waals surface area contributed by atoms with Crippen molar-refractivity contribution in [2.24, 2.45) is 5.92 Å². The average Bonchev–Trinajstić information content (AvgIpc) is 3.31. The van der Waals surface area contributed by atoms with Crippen LogP contribution in [0.1, 0.15) is 35.5 Å². The average molecular weight is 344 g/mol. The van der Waals surface area contributed by atoms with E-state index in [1.54, 1.807) is 17.4 Å². The van der Waals surface area contributed by atoms with Gasteiger partial charge in [-0.25, -0.2) is 4.98 Å². The summed E-state index contributed by atoms with van der Waals surface area (Å²) in [6.07, 6.45) is 5.49. The summed E-state index contributed by atoms with van der Waals surface area (Å²) in [7, 11) is 0. The molecule has 2 aromatic rings. The number of thiophene rings is 1. The highest BCUT2D eigenvalue weighted by atomic mass is 32.1. The molecule has 1 N–H and O–H groups in total. The molecule has 0 aliphatic carbocycles. The highest BCUT2D eigenvalue weighted by Gasteiger charge is 2.41. The molecule has 4 rings (SSSR count). The maximum Gasteiger partial charge on any atom is 0.246 e. The van der Waals surface area contributed by atoms with E-state index in [-0.39, 0.29) is 18.1 Å². The number of rotatable bonds is 3. The van der Waals surface area contributed by atoms with E-state index in [4.69, 9.17) is 4.74 Å². The first-order valence-corrected chi connectivity index (χ1v) is 9.12. The van der Waals surface area contributed by atoms with Gasteiger partial charge in [0.25, 0.3) is 0 Å². The number of aromatic nitrogens is 3. The fourth-order valence-electron chi connectivity index (χ4n) is 3.45. The summed E-state index contributed by atoms with van der Waals surface area (Å²) in [4.78, 5) is 19.8. The number of amides is 1. The summed E-state index contributed by atoms with van der Waals surface area (Å²) < 4.78 is 6.13. The van der Waals surface area contributed by atoms with Gasteiger partial charge in [0.1, 0.15) is 11.9 Å². The Bertz CT molecular complexity index is 740. The lowest BCUT2D eigenvalue weighted by atomic mass is 9.91. The molecule has 1 unspecified atom stereocenters. The molecule has 4 heterocycles. The molecular weight excluding hydrogens is 324 g/mol. The van der Waals surface area contributed by atoms with E-state index in [0.29, 0.717) is 12.5 Å². The summed E-state index contributed by atoms with van der Waals surface area (Å²) in [6.45, 7) is 3.33. The number of carbonyl (C=O) groups is 1. The molecule has 2 fully saturated rings. The van der Waals surface area contributed by atoms with Gasteiger partial charge in [-0.2, -0.15) is 5.10 Å². The highest BCUT2D eigenvalue weighted by Crippen LogP contribution is 2.39. The van der Waals surface area contributed by atoms with E-state index < -0.39 is 0 Å². The molecule has 0 spiro atoms. The number of carbonyl (C=O) groups excluding carboxylic acids is 1. The number of ether oxygens (including phenoxy) is 1. The van der Waals surface area contributed by atoms with Crippen LogP contribution in [0.5, 0.6) is 0 Å². The van der Waals surface area contributed by atoms with Crippen molar-refractivity contribution in [3.63, 3.8) is 0 Å². The van der Waals surface area contributed by atoms with Crippen molar-refractivity contribution in [3.05, 3.63) is 40.1 Å². The van der Waals surface area contributed by atoms with Crippen molar-refractivity contribution in [1.82, 2.24) is 20.1 Å². The molecule has 0 aromatic carbocycles. The minimum Gasteiger partial charge on any atom is -0.365 e. The highest BCUT2D eigenvalue weighted by molar-refractivity contribution is 7.10. The van der Waals surface area contributed by atoms with Crippen LogP contribution < -0.4 is 0 Å². The Labute approximate surface area is 144 Å². The summed E-state index contributed by atoms with van der Waals surface area (Å²) in [6, 6.07) is 3.99. The number of nitrogens with zero attached hydrogens (tertiary/aromatic N) is 3. The van der Waals surface area contributed by atoms with Gasteiger partial charge in [-0.3, -0.25) is 9.89 Å². The Morgan fingerprint density at radius 2 is 2.46 bits per heavy atom. The van der Waals surface area contributed by atoms with Crippen LogP contribution in [-0.2, 0) is 9.53 Å². The van der Waals surface area contributed by atoms with Crippen LogP contribution in [-0.4, -0.2) is 45.2 Å². The molecule has 2 aromatic heterocycles. The fraction of sp³-hybridized carbons (Fsp3) is 0.471. The van der Waals surface area contributed by atoms with Crippen molar-refractivity contribution < 1.29 is 9.53 Å². The Kier molecular flexibility index (Phi) is 4.20. The topological polar surface area (TPSA) is 71.1 Å². The van der Waals surface area contributed by atoms with Crippen LogP contribution >= 0.6 is 11.3 Å². The van der Waals surface area contributed by atoms with Gasteiger partial charge in [0.2, 0.25) is 5.91 Å². The van der Waals surface area contributed by atoms with Crippen LogP contribution in [0.15, 0.2) is 23.6 Å². The van der Waals surface area contributed by atoms with Crippen molar-refractivity contribution >= 4 is 23.3 Å². The monoisotopic (exact) mass is 344 g/mol. The van der Waals surface area contributed by atoms with Crippen molar-refractivity contribution in [3.8, 4) is 0 Å². The van der Waals surface area contributed by atoms with Crippen LogP contribution in [0.3, 0.4) is 0 Å². The minimum atomic E-state index is -0.0540. The lowest BCUT2D eigenvalue weighted by Crippen LogP contribution is -2.44. The Morgan fingerprint density at radius 1 is 1.54 bits per heavy atom. The lowest BCUT2D eigenvalue weighted by Gasteiger charge is -2.33. The molecule has 0 bridgehead atoms. The number of piperidine rings is 1. The molecule has 1 amide bonds. The predicted octanol–water partition coefficient (Wildman–Crippen LogP) is 2.57. The van der Waals surface area contributed by atoms with Crippen molar-refractivity contribution in [2.45, 2.75) is 32.0 Å². The number of aromatic amines is 1. The summed E-state index contributed by atoms with van der Waals surface area (Å²) >= 11 is 1.63. The van der Waals surface area contributed by atoms with Gasteiger partial charge < -0.3 is 9.64 Å². The van der Waals surface area contributed by atoms with Gasteiger partial charge in [-0.05, 0) is 43.2 Å². The zero-order chi connectivity index (χ0) is 16.5. The van der Waals surface area contributed by atoms with Gasteiger partial charge >= 0.3 is 0 Å². The number of H-pyrrole nitrogens is 1. The van der Waals surface area contributed by atoms with Gasteiger partial charge in [-0.1, -0.05) is 6.07 Å². The van der Waals surface area contributed by atoms with E-state index in [2.05, 4.69) is 15.2 Å². The molecule has 126 valence electrons. The molecule has 2 aliphatic heterocycles. The Morgan fingerprint density at radius 3 is 3.21 bits per heavy atom. The third-order valence-electron chi connectivity index (χ3n) is 4.70. The second-order valence-electron chi connectivity index (χ2n) is 6.36. The molecule has 2 aliphatic rings. The largest absolute Gasteiger partial charge is 0.365 e. The number of hydrogen-bond donors (Lipinski definition) is 1. The first-order valence-electron chi connectivity index (χ1n) is 8.24. The molecule has 2 saturated heterocycles. The van der Waals surface area contributed by atoms with Crippen molar-refractivity contribution in [1.29, 1.82) is 0 Å². The second kappa shape index (κ2) is 6.49. The van der Waals surface area contributed by atoms with Gasteiger partial charge in [0.15, 0.2) is 5.82 Å². The SMILES string of the molecule is Cc1nc([C@H]2CC3CCN(C(=O)/C=C/c4cccs4)C[C@H]3O2)n[nH]1. The fourth-order valence-corrected chi connectivity index (χ4v) is 4.06. The first kappa shape index (κ1) is 15.5. The Balaban J connectivity index is 1.38. The zero-order valence-corrected chi connectivity index (χ0v) is 14.3. The number of likely N-dealkylation sites (tertiary alicyclic amines) is 1. The van der Waals surface area contributed by atoms with Crippen LogP contribution in [0.2, 0.25) is 0 Å². The van der Waals surface area contributed by atoms with Crippen LogP contribution in [0.25, 0.3) is 6.08 Å². The number of fused-ring (bicyclic) bond motifs is 1. The summed E-state index contributed by atoms with van der Waals surface area (Å²) in [5, 5.41) is 9.09. The van der Waals surface area contributed by atoms with E-state index in [0.717, 1.165) is 35.9 Å². The van der Waals surface area contributed by atoms with Crippen molar-refractivity contribution in [2.75, 3.05) is 13.1 Å². The quantitative estimate of drug-likeness (QED) is 0.869. The Hall–Kier alpha value is -1.99. The van der Waals surface area contributed by atoms with E-state index >= 15 is 0 Å². The molecule has 0 radical (unpaired) electrons. The maximum absolute atomic E-state index is 12.4. The summed E-state index contributed by atoms with van der Waals surface area (Å²) in [5.74, 6) is 2.08. The van der Waals surface area contributed by atoms with E-state index in [9.17, 15) is 4.79 Å². The maximum atomic E-state index is 12.4. The lowest BCUT2D eigenvalue weighted by molar-refractivity contribution is -0.130. The summed E-state index contributed by atoms with van der Waals surface area (Å²) in [5.41, 5.74) is 0. The standard InChI is InChI=1S/C17H20N4O2S/c1-11-18-17(20-19-11)14-9-12-6-7-21(10-15(12)23-14)16(22)5-4-13-3-2-8-24-13/h2-5,8,12,14-15H,6-7,9-10H2,1H3,(H,18,19,20)/b5-4+/t12?,14-,15-/m1/s1. The minimum absolute atomic E-state index is 0.0540. The van der Waals surface area contributed by atoms with Crippen LogP contribution in [0.4, 0.5) is 0 Å². The van der Waals surface area contributed by atoms with Gasteiger partial charge in [0, 0.05) is 24.0 Å².